The first-order valence-corrected chi connectivity index (χ1v) is 7.15. The molecule has 0 aromatic heterocycles. The van der Waals surface area contributed by atoms with E-state index in [1.165, 1.54) is 0 Å². The molecule has 0 radical (unpaired) electrons. The van der Waals surface area contributed by atoms with Gasteiger partial charge in [-0.3, -0.25) is 9.59 Å². The zero-order valence-electron chi connectivity index (χ0n) is 13.2. The largest absolute Gasteiger partial charge is 0.355 e. The third-order valence-electron chi connectivity index (χ3n) is 3.56. The third-order valence-corrected chi connectivity index (χ3v) is 3.56. The van der Waals surface area contributed by atoms with Crippen LogP contribution in [0.2, 0.25) is 0 Å². The van der Waals surface area contributed by atoms with Crippen LogP contribution in [0.1, 0.15) is 36.2 Å². The Hall–Kier alpha value is -1.88. The Morgan fingerprint density at radius 1 is 1.24 bits per heavy atom. The Kier molecular flexibility index (Phi) is 6.37. The molecule has 0 aliphatic rings. The Balaban J connectivity index is 2.60. The SMILES string of the molecule is CNC(=O)c1ccc(CN(C)C(=O)CC(N)C(C)C)cc1. The molecule has 1 unspecified atom stereocenters. The quantitative estimate of drug-likeness (QED) is 0.831. The average molecular weight is 291 g/mol. The molecule has 1 rings (SSSR count). The molecular weight excluding hydrogens is 266 g/mol. The number of hydrogen-bond donors (Lipinski definition) is 2. The minimum absolute atomic E-state index is 0.0339. The van der Waals surface area contributed by atoms with Crippen LogP contribution in [0.5, 0.6) is 0 Å². The van der Waals surface area contributed by atoms with Crippen molar-refractivity contribution in [3.8, 4) is 0 Å². The molecule has 21 heavy (non-hydrogen) atoms. The fourth-order valence-electron chi connectivity index (χ4n) is 1.86. The summed E-state index contributed by atoms with van der Waals surface area (Å²) in [7, 11) is 3.36. The number of carbonyl (C=O) groups is 2. The number of nitrogens with one attached hydrogen (secondary N) is 1. The van der Waals surface area contributed by atoms with Crippen molar-refractivity contribution in [2.75, 3.05) is 14.1 Å². The van der Waals surface area contributed by atoms with Gasteiger partial charge in [0.1, 0.15) is 0 Å². The summed E-state index contributed by atoms with van der Waals surface area (Å²) in [4.78, 5) is 25.2. The van der Waals surface area contributed by atoms with E-state index in [1.807, 2.05) is 26.0 Å². The van der Waals surface area contributed by atoms with Crippen LogP contribution in [0.15, 0.2) is 24.3 Å². The Morgan fingerprint density at radius 2 is 1.81 bits per heavy atom. The number of carbonyl (C=O) groups excluding carboxylic acids is 2. The van der Waals surface area contributed by atoms with E-state index in [0.29, 0.717) is 18.5 Å². The lowest BCUT2D eigenvalue weighted by Gasteiger charge is -2.21. The van der Waals surface area contributed by atoms with Gasteiger partial charge < -0.3 is 16.0 Å². The van der Waals surface area contributed by atoms with Gasteiger partial charge in [-0.1, -0.05) is 26.0 Å². The summed E-state index contributed by atoms with van der Waals surface area (Å²) in [6.07, 6.45) is 0.352. The fourth-order valence-corrected chi connectivity index (χ4v) is 1.86. The lowest BCUT2D eigenvalue weighted by Crippen LogP contribution is -2.35. The average Bonchev–Trinajstić information content (AvgIpc) is 2.46. The van der Waals surface area contributed by atoms with E-state index >= 15 is 0 Å². The van der Waals surface area contributed by atoms with Gasteiger partial charge in [0.15, 0.2) is 0 Å². The van der Waals surface area contributed by atoms with Crippen LogP contribution in [0.4, 0.5) is 0 Å². The summed E-state index contributed by atoms with van der Waals surface area (Å²) in [5, 5.41) is 2.57. The molecule has 5 heteroatoms. The molecule has 0 aliphatic carbocycles. The van der Waals surface area contributed by atoms with Gasteiger partial charge in [0.05, 0.1) is 0 Å². The van der Waals surface area contributed by atoms with E-state index in [9.17, 15) is 9.59 Å². The highest BCUT2D eigenvalue weighted by atomic mass is 16.2. The van der Waals surface area contributed by atoms with Gasteiger partial charge in [0, 0.05) is 38.7 Å². The van der Waals surface area contributed by atoms with E-state index in [4.69, 9.17) is 5.73 Å². The molecule has 0 saturated carbocycles. The number of nitrogens with zero attached hydrogens (tertiary/aromatic N) is 1. The van der Waals surface area contributed by atoms with Crippen LogP contribution >= 0.6 is 0 Å². The maximum Gasteiger partial charge on any atom is 0.251 e. The molecule has 0 fully saturated rings. The zero-order valence-corrected chi connectivity index (χ0v) is 13.2. The second-order valence-electron chi connectivity index (χ2n) is 5.64. The summed E-state index contributed by atoms with van der Waals surface area (Å²) in [6.45, 7) is 4.53. The first kappa shape index (κ1) is 17.2. The van der Waals surface area contributed by atoms with Gasteiger partial charge in [0.25, 0.3) is 5.91 Å². The van der Waals surface area contributed by atoms with Crippen molar-refractivity contribution in [1.82, 2.24) is 10.2 Å². The van der Waals surface area contributed by atoms with E-state index in [0.717, 1.165) is 5.56 Å². The van der Waals surface area contributed by atoms with Crippen molar-refractivity contribution in [3.63, 3.8) is 0 Å². The molecule has 2 amide bonds. The van der Waals surface area contributed by atoms with Crippen molar-refractivity contribution < 1.29 is 9.59 Å². The van der Waals surface area contributed by atoms with Crippen molar-refractivity contribution in [1.29, 1.82) is 0 Å². The highest BCUT2D eigenvalue weighted by molar-refractivity contribution is 5.93. The van der Waals surface area contributed by atoms with Crippen LogP contribution in [-0.2, 0) is 11.3 Å². The predicted molar refractivity (Wildman–Crippen MR) is 83.7 cm³/mol. The van der Waals surface area contributed by atoms with Crippen molar-refractivity contribution in [3.05, 3.63) is 35.4 Å². The zero-order chi connectivity index (χ0) is 16.0. The summed E-state index contributed by atoms with van der Waals surface area (Å²) >= 11 is 0. The van der Waals surface area contributed by atoms with E-state index in [2.05, 4.69) is 5.32 Å². The molecule has 0 saturated heterocycles. The number of rotatable bonds is 6. The molecule has 1 aromatic carbocycles. The molecule has 0 spiro atoms. The number of amides is 2. The third kappa shape index (κ3) is 5.19. The first-order valence-electron chi connectivity index (χ1n) is 7.15. The van der Waals surface area contributed by atoms with Crippen molar-refractivity contribution >= 4 is 11.8 Å². The molecular formula is C16H25N3O2. The van der Waals surface area contributed by atoms with E-state index in [1.54, 1.807) is 31.1 Å². The Morgan fingerprint density at radius 3 is 2.29 bits per heavy atom. The minimum atomic E-state index is -0.117. The molecule has 0 aliphatic heterocycles. The van der Waals surface area contributed by atoms with Gasteiger partial charge in [-0.2, -0.15) is 0 Å². The van der Waals surface area contributed by atoms with Crippen molar-refractivity contribution in [2.45, 2.75) is 32.9 Å². The van der Waals surface area contributed by atoms with Gasteiger partial charge in [-0.25, -0.2) is 0 Å². The van der Waals surface area contributed by atoms with E-state index in [-0.39, 0.29) is 23.8 Å². The molecule has 1 aromatic rings. The second kappa shape index (κ2) is 7.78. The van der Waals surface area contributed by atoms with E-state index < -0.39 is 0 Å². The van der Waals surface area contributed by atoms with Crippen LogP contribution in [0, 0.1) is 5.92 Å². The molecule has 1 atom stereocenters. The smallest absolute Gasteiger partial charge is 0.251 e. The van der Waals surface area contributed by atoms with Gasteiger partial charge >= 0.3 is 0 Å². The fraction of sp³-hybridized carbons (Fsp3) is 0.500. The highest BCUT2D eigenvalue weighted by Crippen LogP contribution is 2.10. The lowest BCUT2D eigenvalue weighted by atomic mass is 10.0. The predicted octanol–water partition coefficient (Wildman–Crippen LogP) is 1.38. The van der Waals surface area contributed by atoms with Crippen LogP contribution in [-0.4, -0.2) is 36.9 Å². The number of benzene rings is 1. The second-order valence-corrected chi connectivity index (χ2v) is 5.64. The monoisotopic (exact) mass is 291 g/mol. The van der Waals surface area contributed by atoms with Gasteiger partial charge in [0.2, 0.25) is 5.91 Å². The summed E-state index contributed by atoms with van der Waals surface area (Å²) in [5.74, 6) is 0.203. The number of nitrogens with two attached hydrogens (primary N) is 1. The van der Waals surface area contributed by atoms with Crippen LogP contribution < -0.4 is 11.1 Å². The van der Waals surface area contributed by atoms with Crippen LogP contribution in [0.25, 0.3) is 0 Å². The standard InChI is InChI=1S/C16H25N3O2/c1-11(2)14(17)9-15(20)19(4)10-12-5-7-13(8-6-12)16(21)18-3/h5-8,11,14H,9-10,17H2,1-4H3,(H,18,21). The highest BCUT2D eigenvalue weighted by Gasteiger charge is 2.16. The number of hydrogen-bond acceptors (Lipinski definition) is 3. The van der Waals surface area contributed by atoms with Gasteiger partial charge in [-0.05, 0) is 23.6 Å². The molecule has 116 valence electrons. The lowest BCUT2D eigenvalue weighted by molar-refractivity contribution is -0.131. The maximum absolute atomic E-state index is 12.1. The molecule has 0 bridgehead atoms. The normalized spacial score (nSPS) is 12.1. The van der Waals surface area contributed by atoms with Crippen LogP contribution in [0.3, 0.4) is 0 Å². The molecule has 3 N–H and O–H groups in total. The summed E-state index contributed by atoms with van der Waals surface area (Å²) < 4.78 is 0. The molecule has 0 heterocycles. The van der Waals surface area contributed by atoms with Gasteiger partial charge in [-0.15, -0.1) is 0 Å². The summed E-state index contributed by atoms with van der Waals surface area (Å²) in [6, 6.07) is 7.11. The van der Waals surface area contributed by atoms with Crippen molar-refractivity contribution in [2.24, 2.45) is 11.7 Å². The Bertz CT molecular complexity index is 483. The summed E-state index contributed by atoms with van der Waals surface area (Å²) in [5.41, 5.74) is 7.52. The topological polar surface area (TPSA) is 75.4 Å². The molecule has 5 nitrogen and oxygen atoms in total. The first-order chi connectivity index (χ1) is 9.85. The minimum Gasteiger partial charge on any atom is -0.355 e. The Labute approximate surface area is 126 Å². The maximum atomic E-state index is 12.1.